The van der Waals surface area contributed by atoms with Crippen LogP contribution in [0.4, 0.5) is 5.69 Å². The summed E-state index contributed by atoms with van der Waals surface area (Å²) in [5.74, 6) is -1.44. The van der Waals surface area contributed by atoms with Crippen LogP contribution in [-0.4, -0.2) is 30.8 Å². The highest BCUT2D eigenvalue weighted by Crippen LogP contribution is 2.63. The van der Waals surface area contributed by atoms with Crippen LogP contribution in [0.15, 0.2) is 70.9 Å². The molecular formula is C23H29N2O6P. The molecule has 0 amide bonds. The maximum Gasteiger partial charge on any atom is 0.336 e. The average Bonchev–Trinajstić information content (AvgIpc) is 2.76. The van der Waals surface area contributed by atoms with Crippen molar-refractivity contribution in [2.75, 3.05) is 19.9 Å². The minimum absolute atomic E-state index is 0.119. The Hall–Kier alpha value is -2.96. The number of rotatable bonds is 9. The summed E-state index contributed by atoms with van der Waals surface area (Å²) in [6.45, 7) is 7.26. The Bertz CT molecular complexity index is 1050. The van der Waals surface area contributed by atoms with Crippen molar-refractivity contribution in [1.82, 2.24) is 5.32 Å². The Morgan fingerprint density at radius 1 is 1.22 bits per heavy atom. The number of non-ortho nitro benzene ring substituents is 1. The second-order valence-electron chi connectivity index (χ2n) is 7.24. The SMILES string of the molecule is C/C=C/COP(=O)(C/C=C/C)C1=C(C)NC(C)=C(C(=O)OC)C1c1cccc([N+](=O)[O-])c1. The first-order valence-corrected chi connectivity index (χ1v) is 12.0. The van der Waals surface area contributed by atoms with Gasteiger partial charge >= 0.3 is 5.97 Å². The predicted molar refractivity (Wildman–Crippen MR) is 124 cm³/mol. The number of nitrogens with one attached hydrogen (secondary N) is 1. The number of nitro benzene ring substituents is 1. The van der Waals surface area contributed by atoms with Crippen LogP contribution < -0.4 is 5.32 Å². The zero-order valence-corrected chi connectivity index (χ0v) is 19.8. The molecule has 0 saturated heterocycles. The fourth-order valence-corrected chi connectivity index (χ4v) is 6.18. The van der Waals surface area contributed by atoms with Gasteiger partial charge in [-0.2, -0.15) is 0 Å². The summed E-state index contributed by atoms with van der Waals surface area (Å²) in [5, 5.41) is 14.9. The third-order valence-corrected chi connectivity index (χ3v) is 7.69. The molecule has 1 N–H and O–H groups in total. The van der Waals surface area contributed by atoms with Crippen LogP contribution in [0.3, 0.4) is 0 Å². The predicted octanol–water partition coefficient (Wildman–Crippen LogP) is 5.41. The van der Waals surface area contributed by atoms with Crippen LogP contribution in [0, 0.1) is 10.1 Å². The van der Waals surface area contributed by atoms with Gasteiger partial charge in [-0.1, -0.05) is 36.4 Å². The molecular weight excluding hydrogens is 431 g/mol. The Kier molecular flexibility index (Phi) is 8.75. The Morgan fingerprint density at radius 3 is 2.50 bits per heavy atom. The highest BCUT2D eigenvalue weighted by Gasteiger charge is 2.43. The third kappa shape index (κ3) is 5.44. The second kappa shape index (κ2) is 11.1. The number of methoxy groups -OCH3 is 1. The molecule has 1 aliphatic rings. The summed E-state index contributed by atoms with van der Waals surface area (Å²) >= 11 is 0. The number of ether oxygens (including phenoxy) is 1. The topological polar surface area (TPSA) is 108 Å². The molecule has 2 atom stereocenters. The summed E-state index contributed by atoms with van der Waals surface area (Å²) in [5.41, 5.74) is 1.69. The van der Waals surface area contributed by atoms with Gasteiger partial charge in [0.1, 0.15) is 0 Å². The van der Waals surface area contributed by atoms with Gasteiger partial charge in [0, 0.05) is 35.0 Å². The molecule has 0 bridgehead atoms. The van der Waals surface area contributed by atoms with Crippen molar-refractivity contribution in [2.45, 2.75) is 33.6 Å². The summed E-state index contributed by atoms with van der Waals surface area (Å²) in [7, 11) is -2.24. The number of nitrogens with zero attached hydrogens (tertiary/aromatic N) is 1. The summed E-state index contributed by atoms with van der Waals surface area (Å²) in [6, 6.07) is 5.99. The molecule has 0 saturated carbocycles. The molecule has 2 unspecified atom stereocenters. The Labute approximate surface area is 188 Å². The molecule has 172 valence electrons. The van der Waals surface area contributed by atoms with Gasteiger partial charge in [0.15, 0.2) is 0 Å². The monoisotopic (exact) mass is 460 g/mol. The van der Waals surface area contributed by atoms with Gasteiger partial charge in [-0.15, -0.1) is 0 Å². The quantitative estimate of drug-likeness (QED) is 0.173. The van der Waals surface area contributed by atoms with E-state index in [-0.39, 0.29) is 24.0 Å². The molecule has 9 heteroatoms. The van der Waals surface area contributed by atoms with E-state index in [9.17, 15) is 19.5 Å². The van der Waals surface area contributed by atoms with Gasteiger partial charge < -0.3 is 14.6 Å². The van der Waals surface area contributed by atoms with Gasteiger partial charge in [0.25, 0.3) is 5.69 Å². The lowest BCUT2D eigenvalue weighted by atomic mass is 9.86. The Balaban J connectivity index is 2.80. The van der Waals surface area contributed by atoms with Crippen LogP contribution in [0.2, 0.25) is 0 Å². The number of hydrogen-bond acceptors (Lipinski definition) is 7. The lowest BCUT2D eigenvalue weighted by Crippen LogP contribution is -2.29. The van der Waals surface area contributed by atoms with Crippen molar-refractivity contribution in [1.29, 1.82) is 0 Å². The van der Waals surface area contributed by atoms with E-state index in [1.54, 1.807) is 50.3 Å². The van der Waals surface area contributed by atoms with Crippen molar-refractivity contribution in [3.63, 3.8) is 0 Å². The number of dihydropyridines is 1. The normalized spacial score (nSPS) is 18.7. The second-order valence-corrected chi connectivity index (χ2v) is 9.69. The van der Waals surface area contributed by atoms with E-state index in [1.807, 2.05) is 13.8 Å². The molecule has 1 aromatic carbocycles. The van der Waals surface area contributed by atoms with Crippen molar-refractivity contribution in [3.05, 3.63) is 86.5 Å². The van der Waals surface area contributed by atoms with Gasteiger partial charge in [-0.05, 0) is 33.3 Å². The van der Waals surface area contributed by atoms with E-state index in [0.717, 1.165) is 0 Å². The number of benzene rings is 1. The highest BCUT2D eigenvalue weighted by atomic mass is 31.2. The fraction of sp³-hybridized carbons (Fsp3) is 0.348. The first kappa shape index (κ1) is 25.3. The van der Waals surface area contributed by atoms with Crippen molar-refractivity contribution < 1.29 is 23.5 Å². The standard InChI is InChI=1S/C23H29N2O6P/c1-6-8-13-31-32(29,14-9-7-2)22-17(4)24-16(3)20(23(26)30-5)21(22)18-11-10-12-19(15-18)25(27)28/h6-12,15,21,24H,13-14H2,1-5H3/b8-6+,9-7+. The molecule has 0 fully saturated rings. The van der Waals surface area contributed by atoms with Gasteiger partial charge in [0.2, 0.25) is 7.37 Å². The number of allylic oxidation sites excluding steroid dienone is 6. The van der Waals surface area contributed by atoms with E-state index >= 15 is 0 Å². The van der Waals surface area contributed by atoms with Crippen molar-refractivity contribution in [2.24, 2.45) is 0 Å². The van der Waals surface area contributed by atoms with E-state index in [2.05, 4.69) is 5.32 Å². The first-order valence-electron chi connectivity index (χ1n) is 10.2. The molecule has 8 nitrogen and oxygen atoms in total. The molecule has 2 rings (SSSR count). The molecule has 32 heavy (non-hydrogen) atoms. The van der Waals surface area contributed by atoms with Crippen LogP contribution in [0.5, 0.6) is 0 Å². The zero-order valence-electron chi connectivity index (χ0n) is 19.0. The number of esters is 1. The molecule has 0 aliphatic carbocycles. The highest BCUT2D eigenvalue weighted by molar-refractivity contribution is 7.63. The molecule has 0 spiro atoms. The summed E-state index contributed by atoms with van der Waals surface area (Å²) in [4.78, 5) is 23.7. The lowest BCUT2D eigenvalue weighted by Gasteiger charge is -2.34. The van der Waals surface area contributed by atoms with E-state index in [1.165, 1.54) is 19.2 Å². The molecule has 1 aliphatic heterocycles. The van der Waals surface area contributed by atoms with Crippen LogP contribution in [-0.2, 0) is 18.6 Å². The largest absolute Gasteiger partial charge is 0.466 e. The van der Waals surface area contributed by atoms with Gasteiger partial charge in [0.05, 0.1) is 30.1 Å². The minimum atomic E-state index is -3.50. The summed E-state index contributed by atoms with van der Waals surface area (Å²) in [6.07, 6.45) is 7.20. The van der Waals surface area contributed by atoms with Crippen molar-refractivity contribution >= 4 is 19.0 Å². The third-order valence-electron chi connectivity index (χ3n) is 5.11. The molecule has 1 heterocycles. The van der Waals surface area contributed by atoms with E-state index in [4.69, 9.17) is 9.26 Å². The van der Waals surface area contributed by atoms with Gasteiger partial charge in [-0.3, -0.25) is 14.7 Å². The molecule has 0 aromatic heterocycles. The first-order chi connectivity index (χ1) is 15.2. The maximum absolute atomic E-state index is 14.3. The lowest BCUT2D eigenvalue weighted by molar-refractivity contribution is -0.384. The van der Waals surface area contributed by atoms with Crippen LogP contribution in [0.25, 0.3) is 0 Å². The average molecular weight is 460 g/mol. The minimum Gasteiger partial charge on any atom is -0.466 e. The van der Waals surface area contributed by atoms with Crippen LogP contribution in [0.1, 0.15) is 39.2 Å². The summed E-state index contributed by atoms with van der Waals surface area (Å²) < 4.78 is 25.2. The number of carbonyl (C=O) groups is 1. The smallest absolute Gasteiger partial charge is 0.336 e. The number of nitro groups is 1. The molecule has 0 radical (unpaired) electrons. The van der Waals surface area contributed by atoms with Crippen molar-refractivity contribution in [3.8, 4) is 0 Å². The fourth-order valence-electron chi connectivity index (χ4n) is 3.68. The van der Waals surface area contributed by atoms with E-state index in [0.29, 0.717) is 22.3 Å². The van der Waals surface area contributed by atoms with E-state index < -0.39 is 24.2 Å². The Morgan fingerprint density at radius 2 is 1.91 bits per heavy atom. The number of carbonyl (C=O) groups excluding carboxylic acids is 1. The number of hydrogen-bond donors (Lipinski definition) is 1. The van der Waals surface area contributed by atoms with Crippen LogP contribution >= 0.6 is 7.37 Å². The zero-order chi connectivity index (χ0) is 23.9. The van der Waals surface area contributed by atoms with Gasteiger partial charge in [-0.25, -0.2) is 4.79 Å². The molecule has 1 aromatic rings. The maximum atomic E-state index is 14.3.